The largest absolute Gasteiger partial charge is 0.469 e. The summed E-state index contributed by atoms with van der Waals surface area (Å²) in [6.07, 6.45) is 4.02. The minimum atomic E-state index is -0.409. The van der Waals surface area contributed by atoms with Crippen LogP contribution in [0.1, 0.15) is 30.6 Å². The summed E-state index contributed by atoms with van der Waals surface area (Å²) in [4.78, 5) is 39.5. The smallest absolute Gasteiger partial charge is 0.309 e. The zero-order valence-electron chi connectivity index (χ0n) is 18.2. The van der Waals surface area contributed by atoms with Gasteiger partial charge in [0.25, 0.3) is 0 Å². The van der Waals surface area contributed by atoms with Gasteiger partial charge in [0.05, 0.1) is 25.5 Å². The first-order chi connectivity index (χ1) is 14.8. The molecule has 0 radical (unpaired) electrons. The zero-order valence-corrected chi connectivity index (χ0v) is 18.2. The Balaban J connectivity index is 2.58. The molecule has 0 saturated heterocycles. The number of carbonyl (C=O) groups excluding carboxylic acids is 2. The molecule has 0 saturated carbocycles. The maximum Gasteiger partial charge on any atom is 0.309 e. The van der Waals surface area contributed by atoms with Gasteiger partial charge in [0.1, 0.15) is 0 Å². The second-order valence-electron chi connectivity index (χ2n) is 7.20. The van der Waals surface area contributed by atoms with E-state index in [1.54, 1.807) is 37.3 Å². The van der Waals surface area contributed by atoms with Crippen LogP contribution in [0.5, 0.6) is 0 Å². The van der Waals surface area contributed by atoms with Crippen LogP contribution in [-0.2, 0) is 20.7 Å². The van der Waals surface area contributed by atoms with Crippen molar-refractivity contribution in [3.05, 3.63) is 77.3 Å². The van der Waals surface area contributed by atoms with E-state index in [1.165, 1.54) is 13.2 Å². The molecule has 0 bridgehead atoms. The number of hydrogen-bond acceptors (Lipinski definition) is 5. The van der Waals surface area contributed by atoms with Crippen molar-refractivity contribution in [3.8, 4) is 11.1 Å². The molecule has 1 heterocycles. The molecule has 2 atom stereocenters. The van der Waals surface area contributed by atoms with Crippen LogP contribution in [-0.4, -0.2) is 31.0 Å². The monoisotopic (exact) mass is 423 g/mol. The van der Waals surface area contributed by atoms with Crippen LogP contribution in [0.25, 0.3) is 11.1 Å². The first kappa shape index (κ1) is 23.8. The Labute approximate surface area is 182 Å². The van der Waals surface area contributed by atoms with Crippen molar-refractivity contribution in [1.29, 1.82) is 0 Å². The Hall–Kier alpha value is -3.45. The van der Waals surface area contributed by atoms with Gasteiger partial charge in [0.2, 0.25) is 11.5 Å². The van der Waals surface area contributed by atoms with Crippen LogP contribution in [0.3, 0.4) is 0 Å². The van der Waals surface area contributed by atoms with Gasteiger partial charge in [-0.3, -0.25) is 14.4 Å². The zero-order chi connectivity index (χ0) is 23.0. The quantitative estimate of drug-likeness (QED) is 0.402. The minimum absolute atomic E-state index is 0.0679. The van der Waals surface area contributed by atoms with Gasteiger partial charge in [-0.05, 0) is 36.7 Å². The molecule has 0 fully saturated rings. The highest BCUT2D eigenvalue weighted by Gasteiger charge is 2.17. The molecule has 0 aliphatic carbocycles. The molecule has 2 unspecified atom stereocenters. The normalized spacial score (nSPS) is 12.5. The number of benzene rings is 1. The molecule has 2 aromatic rings. The molecule has 7 nitrogen and oxygen atoms in total. The lowest BCUT2D eigenvalue weighted by atomic mass is 9.98. The lowest BCUT2D eigenvalue weighted by Crippen LogP contribution is -2.21. The van der Waals surface area contributed by atoms with Crippen molar-refractivity contribution in [2.24, 2.45) is 5.92 Å². The molecule has 3 N–H and O–H groups in total. The third-order valence-electron chi connectivity index (χ3n) is 4.99. The number of aromatic amines is 1. The Morgan fingerprint density at radius 3 is 2.58 bits per heavy atom. The first-order valence-electron chi connectivity index (χ1n) is 9.98. The Morgan fingerprint density at radius 2 is 1.97 bits per heavy atom. The van der Waals surface area contributed by atoms with Gasteiger partial charge < -0.3 is 20.4 Å². The number of rotatable bonds is 10. The van der Waals surface area contributed by atoms with Gasteiger partial charge in [0, 0.05) is 23.0 Å². The highest BCUT2D eigenvalue weighted by Crippen LogP contribution is 2.30. The van der Waals surface area contributed by atoms with E-state index in [9.17, 15) is 14.4 Å². The number of ether oxygens (including phenoxy) is 1. The van der Waals surface area contributed by atoms with Crippen molar-refractivity contribution < 1.29 is 14.3 Å². The Kier molecular flexibility index (Phi) is 8.52. The van der Waals surface area contributed by atoms with E-state index in [4.69, 9.17) is 4.74 Å². The molecule has 1 aromatic carbocycles. The summed E-state index contributed by atoms with van der Waals surface area (Å²) in [5.74, 6) is -1.03. The summed E-state index contributed by atoms with van der Waals surface area (Å²) in [5.41, 5.74) is 2.95. The summed E-state index contributed by atoms with van der Waals surface area (Å²) in [5, 5.41) is 6.05. The molecule has 31 heavy (non-hydrogen) atoms. The second kappa shape index (κ2) is 11.1. The molecule has 1 amide bonds. The minimum Gasteiger partial charge on any atom is -0.469 e. The molecule has 0 aliphatic heterocycles. The molecule has 0 spiro atoms. The number of H-pyrrole nitrogens is 1. The standard InChI is InChI=1S/C24H29N3O4/c1-6-8-19(25-4)21-13-17(14-22(28)26-21)18-10-9-16(12-23(29)31-5)11-20(18)27-24(30)15(3)7-2/h6-7,9-11,13-15,19,25H,1-2,8,12H2,3-5H3,(H,26,28)(H,27,30). The fourth-order valence-electron chi connectivity index (χ4n) is 3.12. The molecule has 7 heteroatoms. The van der Waals surface area contributed by atoms with E-state index in [0.717, 1.165) is 0 Å². The van der Waals surface area contributed by atoms with Gasteiger partial charge >= 0.3 is 5.97 Å². The Bertz CT molecular complexity index is 1030. The van der Waals surface area contributed by atoms with Crippen LogP contribution >= 0.6 is 0 Å². The van der Waals surface area contributed by atoms with Gasteiger partial charge in [-0.1, -0.05) is 31.2 Å². The van der Waals surface area contributed by atoms with E-state index in [-0.39, 0.29) is 29.9 Å². The lowest BCUT2D eigenvalue weighted by Gasteiger charge is -2.18. The van der Waals surface area contributed by atoms with Gasteiger partial charge in [-0.2, -0.15) is 0 Å². The van der Waals surface area contributed by atoms with Crippen LogP contribution in [0.2, 0.25) is 0 Å². The van der Waals surface area contributed by atoms with Gasteiger partial charge in [0.15, 0.2) is 0 Å². The van der Waals surface area contributed by atoms with E-state index in [1.807, 2.05) is 13.1 Å². The van der Waals surface area contributed by atoms with E-state index in [0.29, 0.717) is 34.5 Å². The predicted octanol–water partition coefficient (Wildman–Crippen LogP) is 3.35. The van der Waals surface area contributed by atoms with E-state index >= 15 is 0 Å². The lowest BCUT2D eigenvalue weighted by molar-refractivity contribution is -0.139. The summed E-state index contributed by atoms with van der Waals surface area (Å²) < 4.78 is 4.74. The maximum absolute atomic E-state index is 12.5. The average molecular weight is 424 g/mol. The van der Waals surface area contributed by atoms with Gasteiger partial charge in [-0.25, -0.2) is 0 Å². The molecule has 164 valence electrons. The van der Waals surface area contributed by atoms with E-state index in [2.05, 4.69) is 28.8 Å². The van der Waals surface area contributed by atoms with Crippen molar-refractivity contribution in [3.63, 3.8) is 0 Å². The third kappa shape index (κ3) is 6.26. The number of pyridine rings is 1. The maximum atomic E-state index is 12.5. The molecular formula is C24H29N3O4. The van der Waals surface area contributed by atoms with Crippen molar-refractivity contribution in [1.82, 2.24) is 10.3 Å². The first-order valence-corrected chi connectivity index (χ1v) is 9.98. The second-order valence-corrected chi connectivity index (χ2v) is 7.20. The highest BCUT2D eigenvalue weighted by atomic mass is 16.5. The predicted molar refractivity (Wildman–Crippen MR) is 123 cm³/mol. The summed E-state index contributed by atoms with van der Waals surface area (Å²) >= 11 is 0. The average Bonchev–Trinajstić information content (AvgIpc) is 2.76. The summed E-state index contributed by atoms with van der Waals surface area (Å²) in [7, 11) is 3.13. The fourth-order valence-corrected chi connectivity index (χ4v) is 3.12. The van der Waals surface area contributed by atoms with Crippen LogP contribution in [0, 0.1) is 5.92 Å². The van der Waals surface area contributed by atoms with Crippen molar-refractivity contribution in [2.75, 3.05) is 19.5 Å². The van der Waals surface area contributed by atoms with Gasteiger partial charge in [-0.15, -0.1) is 13.2 Å². The molecule has 0 aliphatic rings. The number of carbonyl (C=O) groups is 2. The fraction of sp³-hybridized carbons (Fsp3) is 0.292. The summed E-state index contributed by atoms with van der Waals surface area (Å²) in [6.45, 7) is 9.16. The molecule has 1 aromatic heterocycles. The molecular weight excluding hydrogens is 394 g/mol. The topological polar surface area (TPSA) is 100 Å². The van der Waals surface area contributed by atoms with Crippen molar-refractivity contribution in [2.45, 2.75) is 25.8 Å². The number of anilines is 1. The number of methoxy groups -OCH3 is 1. The SMILES string of the molecule is C=CCC(NC)c1cc(-c2ccc(CC(=O)OC)cc2NC(=O)C(C)C=C)cc(=O)[nH]1. The third-order valence-corrected chi connectivity index (χ3v) is 4.99. The van der Waals surface area contributed by atoms with Crippen LogP contribution in [0.4, 0.5) is 5.69 Å². The number of nitrogens with one attached hydrogen (secondary N) is 3. The summed E-state index contributed by atoms with van der Waals surface area (Å²) in [6, 6.07) is 8.52. The number of aromatic nitrogens is 1. The van der Waals surface area contributed by atoms with Crippen LogP contribution < -0.4 is 16.2 Å². The number of esters is 1. The van der Waals surface area contributed by atoms with E-state index < -0.39 is 5.92 Å². The Morgan fingerprint density at radius 1 is 1.23 bits per heavy atom. The highest BCUT2D eigenvalue weighted by molar-refractivity contribution is 5.97. The number of amides is 1. The van der Waals surface area contributed by atoms with Crippen LogP contribution in [0.15, 0.2) is 60.4 Å². The molecule has 2 rings (SSSR count). The van der Waals surface area contributed by atoms with Crippen molar-refractivity contribution >= 4 is 17.6 Å². The number of hydrogen-bond donors (Lipinski definition) is 3.